The lowest BCUT2D eigenvalue weighted by Gasteiger charge is -2.19. The van der Waals surface area contributed by atoms with Gasteiger partial charge in [0.2, 0.25) is 5.91 Å². The summed E-state index contributed by atoms with van der Waals surface area (Å²) in [5, 5.41) is 2.72. The van der Waals surface area contributed by atoms with Gasteiger partial charge in [0.1, 0.15) is 17.3 Å². The molecule has 0 aliphatic rings. The van der Waals surface area contributed by atoms with E-state index in [-0.39, 0.29) is 17.1 Å². The molecule has 6 heteroatoms. The highest BCUT2D eigenvalue weighted by molar-refractivity contribution is 5.94. The molecular formula is C20H21F2N3O. The molecule has 0 radical (unpaired) electrons. The van der Waals surface area contributed by atoms with Crippen molar-refractivity contribution in [1.82, 2.24) is 9.38 Å². The largest absolute Gasteiger partial charge is 0.326 e. The summed E-state index contributed by atoms with van der Waals surface area (Å²) in [5.41, 5.74) is 2.72. The summed E-state index contributed by atoms with van der Waals surface area (Å²) in [4.78, 5) is 16.1. The first-order valence-electron chi connectivity index (χ1n) is 8.38. The number of carbonyl (C=O) groups excluding carboxylic acids is 1. The molecule has 0 saturated carbocycles. The number of amides is 1. The highest BCUT2D eigenvalue weighted by atomic mass is 19.1. The maximum absolute atomic E-state index is 14.0. The third kappa shape index (κ3) is 3.74. The van der Waals surface area contributed by atoms with Crippen molar-refractivity contribution in [2.45, 2.75) is 34.1 Å². The first kappa shape index (κ1) is 18.0. The van der Waals surface area contributed by atoms with Gasteiger partial charge in [-0.25, -0.2) is 13.8 Å². The summed E-state index contributed by atoms with van der Waals surface area (Å²) in [6.45, 7) is 7.59. The van der Waals surface area contributed by atoms with E-state index in [1.54, 1.807) is 10.5 Å². The second-order valence-corrected chi connectivity index (χ2v) is 7.59. The van der Waals surface area contributed by atoms with Gasteiger partial charge in [-0.2, -0.15) is 0 Å². The fourth-order valence-electron chi connectivity index (χ4n) is 2.97. The van der Waals surface area contributed by atoms with Crippen LogP contribution in [0.3, 0.4) is 0 Å². The Balaban J connectivity index is 2.29. The molecule has 2 aromatic heterocycles. The maximum atomic E-state index is 14.0. The minimum absolute atomic E-state index is 0.0987. The lowest BCUT2D eigenvalue weighted by atomic mass is 9.89. The van der Waals surface area contributed by atoms with Gasteiger partial charge in [0.05, 0.1) is 17.1 Å². The Morgan fingerprint density at radius 1 is 1.15 bits per heavy atom. The molecule has 0 aliphatic carbocycles. The van der Waals surface area contributed by atoms with Crippen LogP contribution in [0.25, 0.3) is 16.9 Å². The molecule has 0 saturated heterocycles. The molecule has 0 aliphatic heterocycles. The van der Waals surface area contributed by atoms with Gasteiger partial charge in [-0.15, -0.1) is 0 Å². The van der Waals surface area contributed by atoms with Crippen molar-refractivity contribution in [3.8, 4) is 11.3 Å². The van der Waals surface area contributed by atoms with Gasteiger partial charge in [-0.1, -0.05) is 20.8 Å². The average Bonchev–Trinajstić information content (AvgIpc) is 2.85. The Morgan fingerprint density at radius 3 is 2.50 bits per heavy atom. The third-order valence-electron chi connectivity index (χ3n) is 3.93. The number of rotatable bonds is 3. The molecule has 2 heterocycles. The van der Waals surface area contributed by atoms with E-state index in [2.05, 4.69) is 31.1 Å². The number of nitrogens with one attached hydrogen (secondary N) is 1. The highest BCUT2D eigenvalue weighted by Crippen LogP contribution is 2.35. The number of pyridine rings is 1. The number of aromatic nitrogens is 2. The molecule has 136 valence electrons. The summed E-state index contributed by atoms with van der Waals surface area (Å²) in [7, 11) is 0. The fourth-order valence-corrected chi connectivity index (χ4v) is 2.97. The number of benzene rings is 1. The lowest BCUT2D eigenvalue weighted by molar-refractivity contribution is -0.114. The fraction of sp³-hybridized carbons (Fsp3) is 0.300. The van der Waals surface area contributed by atoms with Crippen molar-refractivity contribution < 1.29 is 13.6 Å². The number of halogens is 2. The molecule has 3 rings (SSSR count). The molecule has 1 N–H and O–H groups in total. The number of fused-ring (bicyclic) bond motifs is 1. The number of hydrogen-bond acceptors (Lipinski definition) is 2. The zero-order valence-electron chi connectivity index (χ0n) is 15.2. The van der Waals surface area contributed by atoms with E-state index in [4.69, 9.17) is 0 Å². The van der Waals surface area contributed by atoms with E-state index in [0.29, 0.717) is 29.0 Å². The van der Waals surface area contributed by atoms with Crippen LogP contribution >= 0.6 is 0 Å². The highest BCUT2D eigenvalue weighted by Gasteiger charge is 2.23. The Hall–Kier alpha value is -2.76. The van der Waals surface area contributed by atoms with Crippen molar-refractivity contribution in [3.05, 3.63) is 53.9 Å². The van der Waals surface area contributed by atoms with E-state index < -0.39 is 5.82 Å². The van der Waals surface area contributed by atoms with E-state index >= 15 is 0 Å². The van der Waals surface area contributed by atoms with Crippen LogP contribution in [0.15, 0.2) is 36.5 Å². The van der Waals surface area contributed by atoms with Gasteiger partial charge in [0.15, 0.2) is 0 Å². The third-order valence-corrected chi connectivity index (χ3v) is 3.93. The molecule has 26 heavy (non-hydrogen) atoms. The maximum Gasteiger partial charge on any atom is 0.221 e. The standard InChI is InChI=1S/C20H21F2N3O/c1-12(26)23-16-7-5-13(21)9-15(16)19-17(10-20(2,3)4)25-11-14(22)6-8-18(25)24-19/h5-9,11H,10H2,1-4H3,(H,23,26). The minimum Gasteiger partial charge on any atom is -0.326 e. The van der Waals surface area contributed by atoms with Gasteiger partial charge in [0.25, 0.3) is 0 Å². The Labute approximate surface area is 150 Å². The van der Waals surface area contributed by atoms with Crippen LogP contribution in [0, 0.1) is 17.0 Å². The number of hydrogen-bond donors (Lipinski definition) is 1. The van der Waals surface area contributed by atoms with Crippen molar-refractivity contribution in [3.63, 3.8) is 0 Å². The first-order valence-corrected chi connectivity index (χ1v) is 8.38. The lowest BCUT2D eigenvalue weighted by Crippen LogP contribution is -2.13. The van der Waals surface area contributed by atoms with Gasteiger partial charge in [-0.3, -0.25) is 4.79 Å². The van der Waals surface area contributed by atoms with Gasteiger partial charge < -0.3 is 9.72 Å². The van der Waals surface area contributed by atoms with Crippen LogP contribution in [-0.4, -0.2) is 15.3 Å². The minimum atomic E-state index is -0.431. The Morgan fingerprint density at radius 2 is 1.85 bits per heavy atom. The van der Waals surface area contributed by atoms with E-state index in [1.165, 1.54) is 37.4 Å². The van der Waals surface area contributed by atoms with Crippen molar-refractivity contribution in [2.75, 3.05) is 5.32 Å². The Kier molecular flexibility index (Phi) is 4.52. The Bertz CT molecular complexity index is 987. The molecule has 1 aromatic carbocycles. The zero-order valence-corrected chi connectivity index (χ0v) is 15.2. The van der Waals surface area contributed by atoms with Crippen LogP contribution in [0.4, 0.5) is 14.5 Å². The molecule has 3 aromatic rings. The summed E-state index contributed by atoms with van der Waals surface area (Å²) in [6.07, 6.45) is 1.98. The SMILES string of the molecule is CC(=O)Nc1ccc(F)cc1-c1nc2ccc(F)cn2c1CC(C)(C)C. The van der Waals surface area contributed by atoms with Crippen LogP contribution in [0.1, 0.15) is 33.4 Å². The normalized spacial score (nSPS) is 11.8. The number of imidazole rings is 1. The van der Waals surface area contributed by atoms with Crippen molar-refractivity contribution in [1.29, 1.82) is 0 Å². The second-order valence-electron chi connectivity index (χ2n) is 7.59. The molecular weight excluding hydrogens is 336 g/mol. The van der Waals surface area contributed by atoms with E-state index in [1.807, 2.05) is 0 Å². The quantitative estimate of drug-likeness (QED) is 0.730. The van der Waals surface area contributed by atoms with Gasteiger partial charge in [-0.05, 0) is 42.2 Å². The zero-order chi connectivity index (χ0) is 19.1. The predicted molar refractivity (Wildman–Crippen MR) is 98.0 cm³/mol. The van der Waals surface area contributed by atoms with Crippen LogP contribution < -0.4 is 5.32 Å². The van der Waals surface area contributed by atoms with Crippen molar-refractivity contribution in [2.24, 2.45) is 5.41 Å². The van der Waals surface area contributed by atoms with Crippen LogP contribution in [-0.2, 0) is 11.2 Å². The van der Waals surface area contributed by atoms with Crippen molar-refractivity contribution >= 4 is 17.2 Å². The average molecular weight is 357 g/mol. The number of anilines is 1. The molecule has 4 nitrogen and oxygen atoms in total. The molecule has 0 unspecified atom stereocenters. The topological polar surface area (TPSA) is 46.4 Å². The summed E-state index contributed by atoms with van der Waals surface area (Å²) in [5.74, 6) is -1.07. The van der Waals surface area contributed by atoms with Gasteiger partial charge in [0, 0.05) is 18.7 Å². The predicted octanol–water partition coefficient (Wildman–Crippen LogP) is 4.83. The molecule has 0 bridgehead atoms. The van der Waals surface area contributed by atoms with Gasteiger partial charge >= 0.3 is 0 Å². The van der Waals surface area contributed by atoms with Crippen LogP contribution in [0.2, 0.25) is 0 Å². The smallest absolute Gasteiger partial charge is 0.221 e. The molecule has 1 amide bonds. The monoisotopic (exact) mass is 357 g/mol. The molecule has 0 spiro atoms. The first-order chi connectivity index (χ1) is 12.1. The van der Waals surface area contributed by atoms with E-state index in [9.17, 15) is 13.6 Å². The summed E-state index contributed by atoms with van der Waals surface area (Å²) < 4.78 is 29.5. The van der Waals surface area contributed by atoms with Crippen LogP contribution in [0.5, 0.6) is 0 Å². The number of carbonyl (C=O) groups is 1. The summed E-state index contributed by atoms with van der Waals surface area (Å²) in [6, 6.07) is 7.07. The molecule has 0 atom stereocenters. The molecule has 0 fully saturated rings. The number of nitrogens with zero attached hydrogens (tertiary/aromatic N) is 2. The van der Waals surface area contributed by atoms with E-state index in [0.717, 1.165) is 5.69 Å². The summed E-state index contributed by atoms with van der Waals surface area (Å²) >= 11 is 0. The second kappa shape index (κ2) is 6.52.